The zero-order valence-corrected chi connectivity index (χ0v) is 22.3. The van der Waals surface area contributed by atoms with Gasteiger partial charge in [0.15, 0.2) is 11.5 Å². The van der Waals surface area contributed by atoms with Gasteiger partial charge in [-0.2, -0.15) is 0 Å². The number of rotatable bonds is 12. The number of carbonyl (C=O) groups is 2. The summed E-state index contributed by atoms with van der Waals surface area (Å²) in [4.78, 5) is 27.9. The Morgan fingerprint density at radius 2 is 1.83 bits per heavy atom. The molecular formula is C25H32ClN3O6S. The summed E-state index contributed by atoms with van der Waals surface area (Å²) in [5.74, 6) is -0.184. The predicted molar refractivity (Wildman–Crippen MR) is 139 cm³/mol. The van der Waals surface area contributed by atoms with Crippen molar-refractivity contribution in [2.24, 2.45) is 0 Å². The lowest BCUT2D eigenvalue weighted by atomic mass is 10.1. The number of sulfonamides is 1. The molecule has 0 saturated carbocycles. The van der Waals surface area contributed by atoms with E-state index in [0.29, 0.717) is 28.6 Å². The molecule has 11 heteroatoms. The molecule has 0 bridgehead atoms. The SMILES string of the molecule is CCCCNC(=O)C(C)N(Cc1ccccc1Cl)C(=O)CN(c1ccc2c(c1)OCO2)S(=O)(=O)CC. The highest BCUT2D eigenvalue weighted by atomic mass is 35.5. The first-order chi connectivity index (χ1) is 17.2. The number of nitrogens with zero attached hydrogens (tertiary/aromatic N) is 2. The molecule has 0 saturated heterocycles. The number of fused-ring (bicyclic) bond motifs is 1. The van der Waals surface area contributed by atoms with E-state index in [4.69, 9.17) is 21.1 Å². The van der Waals surface area contributed by atoms with Crippen LogP contribution in [-0.4, -0.2) is 56.8 Å². The molecule has 0 radical (unpaired) electrons. The van der Waals surface area contributed by atoms with E-state index >= 15 is 0 Å². The molecule has 2 amide bonds. The molecule has 1 heterocycles. The molecule has 1 unspecified atom stereocenters. The maximum absolute atomic E-state index is 13.7. The van der Waals surface area contributed by atoms with Crippen LogP contribution in [0.4, 0.5) is 5.69 Å². The van der Waals surface area contributed by atoms with E-state index in [2.05, 4.69) is 5.32 Å². The van der Waals surface area contributed by atoms with Crippen LogP contribution in [-0.2, 0) is 26.2 Å². The molecular weight excluding hydrogens is 506 g/mol. The Bertz CT molecular complexity index is 1190. The van der Waals surface area contributed by atoms with Gasteiger partial charge in [0.2, 0.25) is 28.6 Å². The molecule has 1 aliphatic heterocycles. The summed E-state index contributed by atoms with van der Waals surface area (Å²) in [5.41, 5.74) is 0.917. The fraction of sp³-hybridized carbons (Fsp3) is 0.440. The van der Waals surface area contributed by atoms with Crippen molar-refractivity contribution in [2.75, 3.05) is 29.9 Å². The van der Waals surface area contributed by atoms with Crippen molar-refractivity contribution in [3.05, 3.63) is 53.1 Å². The van der Waals surface area contributed by atoms with Crippen molar-refractivity contribution in [3.63, 3.8) is 0 Å². The van der Waals surface area contributed by atoms with E-state index in [1.54, 1.807) is 43.3 Å². The van der Waals surface area contributed by atoms with E-state index < -0.39 is 28.5 Å². The van der Waals surface area contributed by atoms with Crippen LogP contribution in [0.1, 0.15) is 39.2 Å². The Morgan fingerprint density at radius 3 is 2.53 bits per heavy atom. The quantitative estimate of drug-likeness (QED) is 0.415. The molecule has 1 aliphatic rings. The molecule has 2 aromatic rings. The number of benzene rings is 2. The normalized spacial score (nSPS) is 13.2. The topological polar surface area (TPSA) is 105 Å². The first kappa shape index (κ1) is 27.6. The van der Waals surface area contributed by atoms with E-state index in [-0.39, 0.29) is 30.7 Å². The standard InChI is InChI=1S/C25H32ClN3O6S/c1-4-6-13-27-25(31)18(3)28(15-19-9-7-8-10-21(19)26)24(30)16-29(36(32,33)5-2)20-11-12-22-23(14-20)35-17-34-22/h7-12,14,18H,4-6,13,15-17H2,1-3H3,(H,27,31). The number of carbonyl (C=O) groups excluding carboxylic acids is 2. The third kappa shape index (κ3) is 6.61. The maximum Gasteiger partial charge on any atom is 0.244 e. The summed E-state index contributed by atoms with van der Waals surface area (Å²) < 4.78 is 37.8. The highest BCUT2D eigenvalue weighted by Crippen LogP contribution is 2.36. The van der Waals surface area contributed by atoms with Crippen molar-refractivity contribution in [2.45, 2.75) is 46.2 Å². The molecule has 0 aromatic heterocycles. The fourth-order valence-electron chi connectivity index (χ4n) is 3.69. The van der Waals surface area contributed by atoms with Crippen LogP contribution in [0.5, 0.6) is 11.5 Å². The van der Waals surface area contributed by atoms with Crippen LogP contribution >= 0.6 is 11.6 Å². The molecule has 1 N–H and O–H groups in total. The Labute approximate surface area is 217 Å². The molecule has 2 aromatic carbocycles. The molecule has 36 heavy (non-hydrogen) atoms. The minimum absolute atomic E-state index is 0.0362. The van der Waals surface area contributed by atoms with E-state index in [1.807, 2.05) is 6.92 Å². The minimum Gasteiger partial charge on any atom is -0.454 e. The van der Waals surface area contributed by atoms with Gasteiger partial charge in [-0.05, 0) is 44.0 Å². The monoisotopic (exact) mass is 537 g/mol. The lowest BCUT2D eigenvalue weighted by molar-refractivity contribution is -0.139. The van der Waals surface area contributed by atoms with Crippen LogP contribution in [0.15, 0.2) is 42.5 Å². The highest BCUT2D eigenvalue weighted by molar-refractivity contribution is 7.92. The number of hydrogen-bond donors (Lipinski definition) is 1. The highest BCUT2D eigenvalue weighted by Gasteiger charge is 2.32. The van der Waals surface area contributed by atoms with E-state index in [9.17, 15) is 18.0 Å². The molecule has 0 spiro atoms. The largest absolute Gasteiger partial charge is 0.454 e. The van der Waals surface area contributed by atoms with Crippen molar-refractivity contribution in [1.29, 1.82) is 0 Å². The average molecular weight is 538 g/mol. The number of unbranched alkanes of at least 4 members (excludes halogenated alkanes) is 1. The number of nitrogens with one attached hydrogen (secondary N) is 1. The summed E-state index contributed by atoms with van der Waals surface area (Å²) in [6.07, 6.45) is 1.72. The van der Waals surface area contributed by atoms with Gasteiger partial charge in [-0.25, -0.2) is 8.42 Å². The van der Waals surface area contributed by atoms with Gasteiger partial charge in [-0.3, -0.25) is 13.9 Å². The number of amides is 2. The number of anilines is 1. The second kappa shape index (κ2) is 12.3. The van der Waals surface area contributed by atoms with Gasteiger partial charge in [0.05, 0.1) is 11.4 Å². The van der Waals surface area contributed by atoms with E-state index in [0.717, 1.165) is 17.1 Å². The van der Waals surface area contributed by atoms with Crippen molar-refractivity contribution >= 4 is 39.1 Å². The maximum atomic E-state index is 13.7. The van der Waals surface area contributed by atoms with Crippen molar-refractivity contribution in [3.8, 4) is 11.5 Å². The van der Waals surface area contributed by atoms with Gasteiger partial charge < -0.3 is 19.7 Å². The predicted octanol–water partition coefficient (Wildman–Crippen LogP) is 3.56. The summed E-state index contributed by atoms with van der Waals surface area (Å²) >= 11 is 6.34. The molecule has 0 aliphatic carbocycles. The lowest BCUT2D eigenvalue weighted by Crippen LogP contribution is -2.51. The lowest BCUT2D eigenvalue weighted by Gasteiger charge is -2.32. The fourth-order valence-corrected chi connectivity index (χ4v) is 4.94. The molecule has 3 rings (SSSR count). The third-order valence-corrected chi connectivity index (χ3v) is 8.03. The van der Waals surface area contributed by atoms with Crippen molar-refractivity contribution < 1.29 is 27.5 Å². The second-order valence-corrected chi connectivity index (χ2v) is 11.0. The van der Waals surface area contributed by atoms with Gasteiger partial charge in [0.1, 0.15) is 12.6 Å². The second-order valence-electron chi connectivity index (χ2n) is 8.38. The van der Waals surface area contributed by atoms with Gasteiger partial charge >= 0.3 is 0 Å². The van der Waals surface area contributed by atoms with Crippen LogP contribution in [0.3, 0.4) is 0 Å². The van der Waals surface area contributed by atoms with Crippen LogP contribution in [0, 0.1) is 0 Å². The zero-order chi connectivity index (χ0) is 26.3. The van der Waals surface area contributed by atoms with Crippen LogP contribution < -0.4 is 19.1 Å². The van der Waals surface area contributed by atoms with Crippen LogP contribution in [0.2, 0.25) is 5.02 Å². The molecule has 0 fully saturated rings. The average Bonchev–Trinajstić information content (AvgIpc) is 3.34. The summed E-state index contributed by atoms with van der Waals surface area (Å²) in [7, 11) is -3.84. The van der Waals surface area contributed by atoms with Gasteiger partial charge in [-0.15, -0.1) is 0 Å². The van der Waals surface area contributed by atoms with Crippen molar-refractivity contribution in [1.82, 2.24) is 10.2 Å². The van der Waals surface area contributed by atoms with Gasteiger partial charge in [0.25, 0.3) is 0 Å². The Morgan fingerprint density at radius 1 is 1.11 bits per heavy atom. The summed E-state index contributed by atoms with van der Waals surface area (Å²) in [6.45, 7) is 5.22. The summed E-state index contributed by atoms with van der Waals surface area (Å²) in [6, 6.07) is 10.9. The Kier molecular flexibility index (Phi) is 9.44. The van der Waals surface area contributed by atoms with Gasteiger partial charge in [-0.1, -0.05) is 43.1 Å². The van der Waals surface area contributed by atoms with Crippen LogP contribution in [0.25, 0.3) is 0 Å². The minimum atomic E-state index is -3.84. The molecule has 196 valence electrons. The third-order valence-electron chi connectivity index (χ3n) is 5.92. The smallest absolute Gasteiger partial charge is 0.244 e. The molecule has 9 nitrogen and oxygen atoms in total. The van der Waals surface area contributed by atoms with Gasteiger partial charge in [0, 0.05) is 24.2 Å². The number of ether oxygens (including phenoxy) is 2. The first-order valence-electron chi connectivity index (χ1n) is 11.9. The zero-order valence-electron chi connectivity index (χ0n) is 20.7. The number of halogens is 1. The van der Waals surface area contributed by atoms with E-state index in [1.165, 1.54) is 17.9 Å². The Hall–Kier alpha value is -2.98. The first-order valence-corrected chi connectivity index (χ1v) is 13.9. The summed E-state index contributed by atoms with van der Waals surface area (Å²) in [5, 5.41) is 3.29. The Balaban J connectivity index is 1.92. The number of hydrogen-bond acceptors (Lipinski definition) is 6. The molecule has 1 atom stereocenters.